The van der Waals surface area contributed by atoms with Gasteiger partial charge in [-0.2, -0.15) is 0 Å². The highest BCUT2D eigenvalue weighted by Gasteiger charge is 2.55. The lowest BCUT2D eigenvalue weighted by molar-refractivity contribution is -0.136. The van der Waals surface area contributed by atoms with E-state index in [1.54, 1.807) is 0 Å². The fourth-order valence-corrected chi connectivity index (χ4v) is 2.48. The SMILES string of the molecule is CC1CCCN(C(=O)C2(C(N)=NO)CC2)C1. The molecule has 0 bridgehead atoms. The molecule has 0 aromatic rings. The molecule has 3 N–H and O–H groups in total. The number of amides is 1. The third-order valence-electron chi connectivity index (χ3n) is 3.70. The van der Waals surface area contributed by atoms with Crippen molar-refractivity contribution in [1.29, 1.82) is 0 Å². The molecule has 1 atom stereocenters. The van der Waals surface area contributed by atoms with Crippen LogP contribution in [0.1, 0.15) is 32.6 Å². The quantitative estimate of drug-likeness (QED) is 0.315. The van der Waals surface area contributed by atoms with Crippen LogP contribution in [-0.4, -0.2) is 34.9 Å². The van der Waals surface area contributed by atoms with Gasteiger partial charge in [0.1, 0.15) is 5.41 Å². The van der Waals surface area contributed by atoms with Gasteiger partial charge in [-0.25, -0.2) is 0 Å². The molecule has 1 aliphatic heterocycles. The predicted octanol–water partition coefficient (Wildman–Crippen LogP) is 0.771. The summed E-state index contributed by atoms with van der Waals surface area (Å²) in [6, 6.07) is 0. The van der Waals surface area contributed by atoms with E-state index in [9.17, 15) is 4.79 Å². The number of nitrogens with zero attached hydrogens (tertiary/aromatic N) is 2. The van der Waals surface area contributed by atoms with Crippen molar-refractivity contribution in [2.75, 3.05) is 13.1 Å². The zero-order valence-electron chi connectivity index (χ0n) is 9.65. The van der Waals surface area contributed by atoms with E-state index in [0.717, 1.165) is 19.5 Å². The van der Waals surface area contributed by atoms with Crippen LogP contribution >= 0.6 is 0 Å². The topological polar surface area (TPSA) is 78.9 Å². The van der Waals surface area contributed by atoms with Crippen LogP contribution in [-0.2, 0) is 4.79 Å². The first kappa shape index (κ1) is 11.2. The van der Waals surface area contributed by atoms with E-state index in [2.05, 4.69) is 12.1 Å². The van der Waals surface area contributed by atoms with Crippen molar-refractivity contribution in [2.24, 2.45) is 22.2 Å². The number of hydrogen-bond donors (Lipinski definition) is 2. The monoisotopic (exact) mass is 225 g/mol. The number of carbonyl (C=O) groups excluding carboxylic acids is 1. The van der Waals surface area contributed by atoms with E-state index in [0.29, 0.717) is 18.8 Å². The van der Waals surface area contributed by atoms with Gasteiger partial charge in [0.05, 0.1) is 0 Å². The molecule has 0 aromatic heterocycles. The van der Waals surface area contributed by atoms with Crippen molar-refractivity contribution in [1.82, 2.24) is 4.90 Å². The number of hydrogen-bond acceptors (Lipinski definition) is 3. The Balaban J connectivity index is 2.07. The number of nitrogens with two attached hydrogens (primary N) is 1. The molecule has 0 radical (unpaired) electrons. The maximum atomic E-state index is 12.3. The molecule has 2 aliphatic rings. The molecule has 1 saturated heterocycles. The van der Waals surface area contributed by atoms with Crippen LogP contribution in [0.4, 0.5) is 0 Å². The Bertz CT molecular complexity index is 323. The smallest absolute Gasteiger partial charge is 0.236 e. The molecule has 1 saturated carbocycles. The van der Waals surface area contributed by atoms with Gasteiger partial charge in [-0.05, 0) is 31.6 Å². The standard InChI is InChI=1S/C11H19N3O2/c1-8-3-2-6-14(7-8)10(15)11(4-5-11)9(12)13-16/h8,16H,2-7H2,1H3,(H2,12,13). The number of carbonyl (C=O) groups is 1. The molecule has 1 unspecified atom stereocenters. The Morgan fingerprint density at radius 1 is 1.56 bits per heavy atom. The van der Waals surface area contributed by atoms with Gasteiger partial charge in [0.25, 0.3) is 0 Å². The molecule has 0 spiro atoms. The van der Waals surface area contributed by atoms with Crippen LogP contribution in [0.3, 0.4) is 0 Å². The molecule has 2 rings (SSSR count). The minimum atomic E-state index is -0.675. The Labute approximate surface area is 95.3 Å². The third-order valence-corrected chi connectivity index (χ3v) is 3.70. The summed E-state index contributed by atoms with van der Waals surface area (Å²) >= 11 is 0. The Morgan fingerprint density at radius 3 is 2.75 bits per heavy atom. The number of rotatable bonds is 2. The van der Waals surface area contributed by atoms with Crippen molar-refractivity contribution in [3.8, 4) is 0 Å². The van der Waals surface area contributed by atoms with Crippen molar-refractivity contribution < 1.29 is 10.0 Å². The second-order valence-electron chi connectivity index (χ2n) is 5.07. The highest BCUT2D eigenvalue weighted by molar-refractivity contribution is 6.09. The lowest BCUT2D eigenvalue weighted by Crippen LogP contribution is -2.47. The van der Waals surface area contributed by atoms with Gasteiger partial charge in [0.15, 0.2) is 5.84 Å². The van der Waals surface area contributed by atoms with E-state index in [4.69, 9.17) is 10.9 Å². The zero-order chi connectivity index (χ0) is 11.8. The fourth-order valence-electron chi connectivity index (χ4n) is 2.48. The molecule has 1 aliphatic carbocycles. The van der Waals surface area contributed by atoms with Gasteiger partial charge < -0.3 is 15.8 Å². The molecule has 16 heavy (non-hydrogen) atoms. The number of amidine groups is 1. The van der Waals surface area contributed by atoms with Gasteiger partial charge in [0.2, 0.25) is 5.91 Å². The lowest BCUT2D eigenvalue weighted by Gasteiger charge is -2.33. The minimum absolute atomic E-state index is 0.0503. The van der Waals surface area contributed by atoms with Crippen molar-refractivity contribution >= 4 is 11.7 Å². The first-order valence-electron chi connectivity index (χ1n) is 5.87. The van der Waals surface area contributed by atoms with Crippen LogP contribution in [0.15, 0.2) is 5.16 Å². The van der Waals surface area contributed by atoms with Crippen LogP contribution in [0.2, 0.25) is 0 Å². The van der Waals surface area contributed by atoms with Crippen LogP contribution < -0.4 is 5.73 Å². The Kier molecular flexibility index (Phi) is 2.78. The van der Waals surface area contributed by atoms with E-state index < -0.39 is 5.41 Å². The zero-order valence-corrected chi connectivity index (χ0v) is 9.65. The number of likely N-dealkylation sites (tertiary alicyclic amines) is 1. The second kappa shape index (κ2) is 3.96. The average Bonchev–Trinajstić information content (AvgIpc) is 3.08. The first-order valence-corrected chi connectivity index (χ1v) is 5.87. The van der Waals surface area contributed by atoms with Crippen molar-refractivity contribution in [2.45, 2.75) is 32.6 Å². The summed E-state index contributed by atoms with van der Waals surface area (Å²) in [5.41, 5.74) is 4.93. The highest BCUT2D eigenvalue weighted by atomic mass is 16.4. The maximum Gasteiger partial charge on any atom is 0.236 e. The number of piperidine rings is 1. The van der Waals surface area contributed by atoms with Gasteiger partial charge in [-0.15, -0.1) is 0 Å². The summed E-state index contributed by atoms with van der Waals surface area (Å²) in [6.45, 7) is 3.77. The van der Waals surface area contributed by atoms with Gasteiger partial charge >= 0.3 is 0 Å². The Hall–Kier alpha value is -1.26. The van der Waals surface area contributed by atoms with E-state index in [1.165, 1.54) is 6.42 Å². The molecule has 0 aromatic carbocycles. The highest BCUT2D eigenvalue weighted by Crippen LogP contribution is 2.47. The molecule has 5 heteroatoms. The fraction of sp³-hybridized carbons (Fsp3) is 0.818. The molecular formula is C11H19N3O2. The molecule has 2 fully saturated rings. The van der Waals surface area contributed by atoms with E-state index in [1.807, 2.05) is 4.90 Å². The largest absolute Gasteiger partial charge is 0.409 e. The van der Waals surface area contributed by atoms with E-state index in [-0.39, 0.29) is 11.7 Å². The van der Waals surface area contributed by atoms with Gasteiger partial charge in [0, 0.05) is 13.1 Å². The average molecular weight is 225 g/mol. The molecule has 5 nitrogen and oxygen atoms in total. The normalized spacial score (nSPS) is 28.9. The summed E-state index contributed by atoms with van der Waals surface area (Å²) in [4.78, 5) is 14.2. The van der Waals surface area contributed by atoms with Crippen LogP contribution in [0, 0.1) is 11.3 Å². The van der Waals surface area contributed by atoms with E-state index >= 15 is 0 Å². The molecule has 90 valence electrons. The van der Waals surface area contributed by atoms with Crippen LogP contribution in [0.5, 0.6) is 0 Å². The molecule has 1 amide bonds. The van der Waals surface area contributed by atoms with Gasteiger partial charge in [-0.3, -0.25) is 4.79 Å². The predicted molar refractivity (Wildman–Crippen MR) is 60.1 cm³/mol. The summed E-state index contributed by atoms with van der Waals surface area (Å²) in [5.74, 6) is 0.686. The number of oxime groups is 1. The van der Waals surface area contributed by atoms with Crippen LogP contribution in [0.25, 0.3) is 0 Å². The summed E-state index contributed by atoms with van der Waals surface area (Å²) in [7, 11) is 0. The summed E-state index contributed by atoms with van der Waals surface area (Å²) in [6.07, 6.45) is 3.67. The molecule has 1 heterocycles. The lowest BCUT2D eigenvalue weighted by atomic mass is 9.97. The third kappa shape index (κ3) is 1.74. The minimum Gasteiger partial charge on any atom is -0.409 e. The molecular weight excluding hydrogens is 206 g/mol. The van der Waals surface area contributed by atoms with Gasteiger partial charge in [-0.1, -0.05) is 12.1 Å². The maximum absolute atomic E-state index is 12.3. The van der Waals surface area contributed by atoms with Crippen molar-refractivity contribution in [3.05, 3.63) is 0 Å². The summed E-state index contributed by atoms with van der Waals surface area (Å²) in [5, 5.41) is 11.7. The Morgan fingerprint density at radius 2 is 2.25 bits per heavy atom. The first-order chi connectivity index (χ1) is 7.60. The summed E-state index contributed by atoms with van der Waals surface area (Å²) < 4.78 is 0. The second-order valence-corrected chi connectivity index (χ2v) is 5.07. The van der Waals surface area contributed by atoms with Crippen molar-refractivity contribution in [3.63, 3.8) is 0 Å².